The van der Waals surface area contributed by atoms with Crippen molar-refractivity contribution in [3.8, 4) is 0 Å². The Morgan fingerprint density at radius 3 is 2.43 bits per heavy atom. The van der Waals surface area contributed by atoms with Crippen molar-refractivity contribution in [2.24, 2.45) is 0 Å². The van der Waals surface area contributed by atoms with E-state index in [0.29, 0.717) is 0 Å². The SMILES string of the molecule is CB1CCCN1C. The lowest BCUT2D eigenvalue weighted by atomic mass is 9.63. The van der Waals surface area contributed by atoms with Crippen LogP contribution in [0.5, 0.6) is 0 Å². The Kier molecular flexibility index (Phi) is 1.38. The standard InChI is InChI=1S/C5H12BN/c1-6-4-3-5-7(6)2/h3-5H2,1-2H3. The Hall–Kier alpha value is 0.0249. The van der Waals surface area contributed by atoms with Gasteiger partial charge < -0.3 is 4.81 Å². The van der Waals surface area contributed by atoms with Crippen LogP contribution in [0.4, 0.5) is 0 Å². The average Bonchev–Trinajstić information content (AvgIpc) is 1.91. The van der Waals surface area contributed by atoms with E-state index in [4.69, 9.17) is 0 Å². The molecule has 1 rings (SSSR count). The van der Waals surface area contributed by atoms with Gasteiger partial charge in [-0.3, -0.25) is 0 Å². The zero-order chi connectivity index (χ0) is 5.28. The van der Waals surface area contributed by atoms with Gasteiger partial charge >= 0.3 is 0 Å². The lowest BCUT2D eigenvalue weighted by molar-refractivity contribution is 0.565. The minimum Gasteiger partial charge on any atom is -0.345 e. The molecule has 1 saturated heterocycles. The summed E-state index contributed by atoms with van der Waals surface area (Å²) >= 11 is 0. The Balaban J connectivity index is 2.33. The van der Waals surface area contributed by atoms with Crippen molar-refractivity contribution in [3.05, 3.63) is 0 Å². The maximum absolute atomic E-state index is 2.40. The quantitative estimate of drug-likeness (QED) is 0.406. The zero-order valence-corrected chi connectivity index (χ0v) is 5.15. The first-order chi connectivity index (χ1) is 3.30. The fourth-order valence-corrected chi connectivity index (χ4v) is 1.08. The molecule has 1 heterocycles. The normalized spacial score (nSPS) is 24.0. The van der Waals surface area contributed by atoms with E-state index in [1.807, 2.05) is 0 Å². The molecule has 7 heavy (non-hydrogen) atoms. The smallest absolute Gasteiger partial charge is 0.219 e. The number of nitrogens with zero attached hydrogens (tertiary/aromatic N) is 1. The highest BCUT2D eigenvalue weighted by molar-refractivity contribution is 6.54. The van der Waals surface area contributed by atoms with Crippen LogP contribution in [0.2, 0.25) is 13.1 Å². The third-order valence-electron chi connectivity index (χ3n) is 1.89. The van der Waals surface area contributed by atoms with Crippen molar-refractivity contribution in [3.63, 3.8) is 0 Å². The van der Waals surface area contributed by atoms with Crippen molar-refractivity contribution in [1.82, 2.24) is 4.81 Å². The van der Waals surface area contributed by atoms with E-state index in [1.165, 1.54) is 19.3 Å². The predicted molar refractivity (Wildman–Crippen MR) is 33.7 cm³/mol. The van der Waals surface area contributed by atoms with Crippen LogP contribution in [-0.2, 0) is 0 Å². The molecule has 1 aliphatic heterocycles. The Morgan fingerprint density at radius 2 is 2.29 bits per heavy atom. The van der Waals surface area contributed by atoms with Crippen LogP contribution in [0.25, 0.3) is 0 Å². The van der Waals surface area contributed by atoms with E-state index in [1.54, 1.807) is 0 Å². The minimum atomic E-state index is 0.847. The van der Waals surface area contributed by atoms with Gasteiger partial charge in [-0.15, -0.1) is 0 Å². The van der Waals surface area contributed by atoms with E-state index in [0.717, 1.165) is 6.85 Å². The van der Waals surface area contributed by atoms with Crippen LogP contribution in [0.15, 0.2) is 0 Å². The number of hydrogen-bond acceptors (Lipinski definition) is 1. The molecular weight excluding hydrogens is 84.9 g/mol. The summed E-state index contributed by atoms with van der Waals surface area (Å²) in [5.74, 6) is 0. The molecule has 0 amide bonds. The fraction of sp³-hybridized carbons (Fsp3) is 1.00. The predicted octanol–water partition coefficient (Wildman–Crippen LogP) is 0.943. The molecule has 0 radical (unpaired) electrons. The molecule has 0 bridgehead atoms. The summed E-state index contributed by atoms with van der Waals surface area (Å²) in [7, 11) is 2.19. The minimum absolute atomic E-state index is 0.847. The van der Waals surface area contributed by atoms with Gasteiger partial charge in [0.1, 0.15) is 0 Å². The summed E-state index contributed by atoms with van der Waals surface area (Å²) in [5, 5.41) is 0. The summed E-state index contributed by atoms with van der Waals surface area (Å²) < 4.78 is 0. The highest BCUT2D eigenvalue weighted by atomic mass is 15.0. The van der Waals surface area contributed by atoms with Gasteiger partial charge in [0.05, 0.1) is 0 Å². The molecule has 1 nitrogen and oxygen atoms in total. The molecule has 0 aromatic rings. The van der Waals surface area contributed by atoms with Crippen molar-refractivity contribution in [2.75, 3.05) is 13.6 Å². The van der Waals surface area contributed by atoms with E-state index in [9.17, 15) is 0 Å². The molecule has 0 saturated carbocycles. The van der Waals surface area contributed by atoms with Crippen LogP contribution in [-0.4, -0.2) is 25.3 Å². The Bertz CT molecular complexity index is 57.1. The van der Waals surface area contributed by atoms with Gasteiger partial charge in [0.15, 0.2) is 0 Å². The second kappa shape index (κ2) is 1.87. The van der Waals surface area contributed by atoms with Crippen LogP contribution in [0.1, 0.15) is 6.42 Å². The van der Waals surface area contributed by atoms with Crippen molar-refractivity contribution in [1.29, 1.82) is 0 Å². The first kappa shape index (κ1) is 5.17. The maximum atomic E-state index is 2.40. The molecule has 2 heteroatoms. The zero-order valence-electron chi connectivity index (χ0n) is 5.15. The summed E-state index contributed by atoms with van der Waals surface area (Å²) in [4.78, 5) is 2.40. The lowest BCUT2D eigenvalue weighted by Gasteiger charge is -2.08. The van der Waals surface area contributed by atoms with E-state index >= 15 is 0 Å². The molecule has 0 aliphatic carbocycles. The topological polar surface area (TPSA) is 3.24 Å². The molecule has 0 spiro atoms. The van der Waals surface area contributed by atoms with Crippen LogP contribution < -0.4 is 0 Å². The Morgan fingerprint density at radius 1 is 1.57 bits per heavy atom. The molecule has 1 aliphatic rings. The molecule has 0 atom stereocenters. The first-order valence-electron chi connectivity index (χ1n) is 3.01. The van der Waals surface area contributed by atoms with E-state index < -0.39 is 0 Å². The fourth-order valence-electron chi connectivity index (χ4n) is 1.08. The maximum Gasteiger partial charge on any atom is 0.219 e. The third-order valence-corrected chi connectivity index (χ3v) is 1.89. The van der Waals surface area contributed by atoms with Gasteiger partial charge in [-0.1, -0.05) is 13.1 Å². The van der Waals surface area contributed by atoms with Gasteiger partial charge in [0.2, 0.25) is 6.85 Å². The molecular formula is C5H12BN. The summed E-state index contributed by atoms with van der Waals surface area (Å²) in [6.07, 6.45) is 2.80. The summed E-state index contributed by atoms with van der Waals surface area (Å²) in [5.41, 5.74) is 0. The van der Waals surface area contributed by atoms with Gasteiger partial charge in [0, 0.05) is 0 Å². The van der Waals surface area contributed by atoms with Gasteiger partial charge in [-0.25, -0.2) is 0 Å². The van der Waals surface area contributed by atoms with E-state index in [-0.39, 0.29) is 0 Å². The lowest BCUT2D eigenvalue weighted by Crippen LogP contribution is -2.25. The van der Waals surface area contributed by atoms with Gasteiger partial charge in [0.25, 0.3) is 0 Å². The first-order valence-corrected chi connectivity index (χ1v) is 3.01. The van der Waals surface area contributed by atoms with Crippen molar-refractivity contribution in [2.45, 2.75) is 19.6 Å². The monoisotopic (exact) mass is 97.1 g/mol. The van der Waals surface area contributed by atoms with E-state index in [2.05, 4.69) is 18.7 Å². The highest BCUT2D eigenvalue weighted by Crippen LogP contribution is 2.10. The number of rotatable bonds is 0. The highest BCUT2D eigenvalue weighted by Gasteiger charge is 2.18. The largest absolute Gasteiger partial charge is 0.345 e. The van der Waals surface area contributed by atoms with Crippen molar-refractivity contribution >= 4 is 6.85 Å². The summed E-state index contributed by atoms with van der Waals surface area (Å²) in [6.45, 7) is 4.44. The molecule has 0 aromatic carbocycles. The number of hydrogen-bond donors (Lipinski definition) is 0. The van der Waals surface area contributed by atoms with Gasteiger partial charge in [-0.2, -0.15) is 0 Å². The van der Waals surface area contributed by atoms with Crippen molar-refractivity contribution < 1.29 is 0 Å². The molecule has 40 valence electrons. The molecule has 0 aromatic heterocycles. The second-order valence-corrected chi connectivity index (χ2v) is 2.47. The van der Waals surface area contributed by atoms with Crippen LogP contribution in [0.3, 0.4) is 0 Å². The molecule has 0 N–H and O–H groups in total. The molecule has 0 unspecified atom stereocenters. The van der Waals surface area contributed by atoms with Crippen LogP contribution >= 0.6 is 0 Å². The van der Waals surface area contributed by atoms with Gasteiger partial charge in [-0.05, 0) is 20.0 Å². The third kappa shape index (κ3) is 0.971. The Labute approximate surface area is 45.8 Å². The summed E-state index contributed by atoms with van der Waals surface area (Å²) in [6, 6.07) is 0. The molecule has 1 fully saturated rings. The second-order valence-electron chi connectivity index (χ2n) is 2.47. The average molecular weight is 97.0 g/mol. The van der Waals surface area contributed by atoms with Crippen LogP contribution in [0, 0.1) is 0 Å².